The van der Waals surface area contributed by atoms with Crippen molar-refractivity contribution in [2.75, 3.05) is 0 Å². The second kappa shape index (κ2) is 6.15. The van der Waals surface area contributed by atoms with Crippen molar-refractivity contribution in [3.63, 3.8) is 0 Å². The summed E-state index contributed by atoms with van der Waals surface area (Å²) in [5.41, 5.74) is 6.75. The summed E-state index contributed by atoms with van der Waals surface area (Å²) in [5.74, 6) is 0. The minimum absolute atomic E-state index is 0.0253. The minimum atomic E-state index is -0.186. The molecule has 2 aromatic rings. The molecule has 1 heterocycles. The molecule has 0 aliphatic rings. The fourth-order valence-corrected chi connectivity index (χ4v) is 3.76. The molecule has 1 aromatic carbocycles. The fraction of sp³-hybridized carbons (Fsp3) is 0.385. The van der Waals surface area contributed by atoms with E-state index >= 15 is 0 Å². The lowest BCUT2D eigenvalue weighted by Crippen LogP contribution is -2.19. The van der Waals surface area contributed by atoms with Crippen LogP contribution in [0.2, 0.25) is 0 Å². The van der Waals surface area contributed by atoms with Gasteiger partial charge in [-0.2, -0.15) is 0 Å². The third-order valence-electron chi connectivity index (χ3n) is 2.86. The van der Waals surface area contributed by atoms with Crippen LogP contribution in [0.4, 0.5) is 0 Å². The van der Waals surface area contributed by atoms with E-state index in [9.17, 15) is 4.79 Å². The summed E-state index contributed by atoms with van der Waals surface area (Å²) in [6, 6.07) is 6.00. The largest absolute Gasteiger partial charge is 0.344 e. The maximum atomic E-state index is 11.7. The molecule has 0 unspecified atom stereocenters. The minimum Gasteiger partial charge on any atom is -0.324 e. The van der Waals surface area contributed by atoms with E-state index in [0.29, 0.717) is 5.16 Å². The molecule has 1 atom stereocenters. The normalized spacial score (nSPS) is 12.9. The Morgan fingerprint density at radius 3 is 2.65 bits per heavy atom. The van der Waals surface area contributed by atoms with Gasteiger partial charge >= 0.3 is 5.69 Å². The van der Waals surface area contributed by atoms with Crippen molar-refractivity contribution in [2.45, 2.75) is 42.9 Å². The second-order valence-electron chi connectivity index (χ2n) is 4.85. The zero-order valence-electron chi connectivity index (χ0n) is 11.6. The molecule has 0 saturated carbocycles. The molecule has 0 amide bonds. The van der Waals surface area contributed by atoms with Crippen LogP contribution in [0.15, 0.2) is 37.5 Å². The number of benzene rings is 1. The van der Waals surface area contributed by atoms with E-state index in [0.717, 1.165) is 14.9 Å². The molecule has 1 aromatic heterocycles. The van der Waals surface area contributed by atoms with Crippen molar-refractivity contribution in [3.8, 4) is 0 Å². The standard InChI is InChI=1S/C13H17BrN4OS/c1-7(2)18-12(19)16-17-13(18)20-9-4-5-10(8(3)15)11(14)6-9/h4-8H,15H2,1-3H3,(H,16,19)/t8-/m1/s1. The molecule has 0 fully saturated rings. The number of halogens is 1. The van der Waals surface area contributed by atoms with Gasteiger partial charge in [-0.3, -0.25) is 4.57 Å². The molecule has 3 N–H and O–H groups in total. The summed E-state index contributed by atoms with van der Waals surface area (Å²) in [4.78, 5) is 12.7. The van der Waals surface area contributed by atoms with E-state index < -0.39 is 0 Å². The molecule has 0 bridgehead atoms. The lowest BCUT2D eigenvalue weighted by atomic mass is 10.1. The molecular formula is C13H17BrN4OS. The summed E-state index contributed by atoms with van der Waals surface area (Å²) in [5, 5.41) is 7.21. The highest BCUT2D eigenvalue weighted by Gasteiger charge is 2.13. The van der Waals surface area contributed by atoms with Crippen molar-refractivity contribution in [3.05, 3.63) is 38.7 Å². The van der Waals surface area contributed by atoms with Crippen LogP contribution in [0.5, 0.6) is 0 Å². The van der Waals surface area contributed by atoms with Gasteiger partial charge in [0.25, 0.3) is 0 Å². The van der Waals surface area contributed by atoms with Crippen LogP contribution in [0.1, 0.15) is 38.4 Å². The van der Waals surface area contributed by atoms with Gasteiger partial charge in [-0.25, -0.2) is 9.89 Å². The Labute approximate surface area is 130 Å². The fourth-order valence-electron chi connectivity index (χ4n) is 1.86. The third kappa shape index (κ3) is 3.16. The molecule has 108 valence electrons. The predicted molar refractivity (Wildman–Crippen MR) is 84.1 cm³/mol. The number of aromatic nitrogens is 3. The Bertz CT molecular complexity index is 663. The van der Waals surface area contributed by atoms with Crippen LogP contribution in [0.3, 0.4) is 0 Å². The van der Waals surface area contributed by atoms with Crippen molar-refractivity contribution in [1.29, 1.82) is 0 Å². The van der Waals surface area contributed by atoms with E-state index in [-0.39, 0.29) is 17.8 Å². The number of nitrogens with zero attached hydrogens (tertiary/aromatic N) is 2. The van der Waals surface area contributed by atoms with Gasteiger partial charge < -0.3 is 5.73 Å². The van der Waals surface area contributed by atoms with Crippen molar-refractivity contribution >= 4 is 27.7 Å². The van der Waals surface area contributed by atoms with Crippen LogP contribution >= 0.6 is 27.7 Å². The van der Waals surface area contributed by atoms with Gasteiger partial charge in [0.1, 0.15) is 0 Å². The van der Waals surface area contributed by atoms with E-state index in [1.807, 2.05) is 39.0 Å². The first kappa shape index (κ1) is 15.3. The topological polar surface area (TPSA) is 76.7 Å². The Hall–Kier alpha value is -1.05. The molecule has 0 saturated heterocycles. The Morgan fingerprint density at radius 1 is 1.40 bits per heavy atom. The highest BCUT2D eigenvalue weighted by molar-refractivity contribution is 9.10. The monoisotopic (exact) mass is 356 g/mol. The summed E-state index contributed by atoms with van der Waals surface area (Å²) in [6.45, 7) is 5.85. The predicted octanol–water partition coefficient (Wildman–Crippen LogP) is 3.09. The molecule has 20 heavy (non-hydrogen) atoms. The lowest BCUT2D eigenvalue weighted by molar-refractivity contribution is 0.534. The molecule has 0 aliphatic heterocycles. The first-order valence-electron chi connectivity index (χ1n) is 6.30. The van der Waals surface area contributed by atoms with Crippen LogP contribution < -0.4 is 11.4 Å². The summed E-state index contributed by atoms with van der Waals surface area (Å²) in [7, 11) is 0. The number of nitrogens with one attached hydrogen (secondary N) is 1. The van der Waals surface area contributed by atoms with E-state index in [4.69, 9.17) is 5.73 Å². The summed E-state index contributed by atoms with van der Waals surface area (Å²) in [6.07, 6.45) is 0. The first-order chi connectivity index (χ1) is 9.40. The van der Waals surface area contributed by atoms with Gasteiger partial charge in [-0.05, 0) is 50.2 Å². The van der Waals surface area contributed by atoms with Crippen LogP contribution in [-0.2, 0) is 0 Å². The number of nitrogens with two attached hydrogens (primary N) is 1. The molecule has 7 heteroatoms. The van der Waals surface area contributed by atoms with E-state index in [1.54, 1.807) is 4.57 Å². The van der Waals surface area contributed by atoms with Gasteiger partial charge in [-0.15, -0.1) is 5.10 Å². The maximum absolute atomic E-state index is 11.7. The van der Waals surface area contributed by atoms with Crippen LogP contribution in [0.25, 0.3) is 0 Å². The number of aromatic amines is 1. The highest BCUT2D eigenvalue weighted by atomic mass is 79.9. The van der Waals surface area contributed by atoms with Crippen LogP contribution in [-0.4, -0.2) is 14.8 Å². The number of rotatable bonds is 4. The van der Waals surface area contributed by atoms with Gasteiger partial charge in [0.05, 0.1) is 0 Å². The zero-order valence-corrected chi connectivity index (χ0v) is 14.0. The van der Waals surface area contributed by atoms with Gasteiger partial charge in [0.15, 0.2) is 5.16 Å². The molecule has 2 rings (SSSR count). The quantitative estimate of drug-likeness (QED) is 0.882. The molecular weight excluding hydrogens is 340 g/mol. The highest BCUT2D eigenvalue weighted by Crippen LogP contribution is 2.31. The SMILES string of the molecule is CC(C)n1c(Sc2ccc([C@@H](C)N)c(Br)c2)n[nH]c1=O. The molecule has 0 spiro atoms. The van der Waals surface area contributed by atoms with Gasteiger partial charge in [-0.1, -0.05) is 22.0 Å². The smallest absolute Gasteiger partial charge is 0.324 e. The van der Waals surface area contributed by atoms with Crippen LogP contribution in [0, 0.1) is 0 Å². The van der Waals surface area contributed by atoms with Gasteiger partial charge in [0.2, 0.25) is 0 Å². The van der Waals surface area contributed by atoms with E-state index in [1.165, 1.54) is 11.8 Å². The second-order valence-corrected chi connectivity index (χ2v) is 6.74. The summed E-state index contributed by atoms with van der Waals surface area (Å²) < 4.78 is 2.60. The molecule has 0 radical (unpaired) electrons. The number of hydrogen-bond acceptors (Lipinski definition) is 4. The van der Waals surface area contributed by atoms with Crippen molar-refractivity contribution in [2.24, 2.45) is 5.73 Å². The third-order valence-corrected chi connectivity index (χ3v) is 4.51. The van der Waals surface area contributed by atoms with E-state index in [2.05, 4.69) is 26.1 Å². The average molecular weight is 357 g/mol. The summed E-state index contributed by atoms with van der Waals surface area (Å²) >= 11 is 4.97. The molecule has 0 aliphatic carbocycles. The number of H-pyrrole nitrogens is 1. The molecule has 5 nitrogen and oxygen atoms in total. The Kier molecular flexibility index (Phi) is 4.72. The lowest BCUT2D eigenvalue weighted by Gasteiger charge is -2.11. The Balaban J connectivity index is 2.32. The number of hydrogen-bond donors (Lipinski definition) is 2. The average Bonchev–Trinajstić information content (AvgIpc) is 2.70. The zero-order chi connectivity index (χ0) is 14.9. The maximum Gasteiger partial charge on any atom is 0.344 e. The van der Waals surface area contributed by atoms with Crippen molar-refractivity contribution in [1.82, 2.24) is 14.8 Å². The first-order valence-corrected chi connectivity index (χ1v) is 7.91. The van der Waals surface area contributed by atoms with Gasteiger partial charge in [0, 0.05) is 21.5 Å². The van der Waals surface area contributed by atoms with Crippen molar-refractivity contribution < 1.29 is 0 Å². The Morgan fingerprint density at radius 2 is 2.10 bits per heavy atom.